The third-order valence-corrected chi connectivity index (χ3v) is 7.29. The van der Waals surface area contributed by atoms with Crippen molar-refractivity contribution in [3.05, 3.63) is 104 Å². The van der Waals surface area contributed by atoms with Crippen LogP contribution >= 0.6 is 11.3 Å². The Kier molecular flexibility index (Phi) is 5.77. The molecule has 3 aromatic rings. The van der Waals surface area contributed by atoms with Crippen LogP contribution in [0, 0.1) is 6.92 Å². The van der Waals surface area contributed by atoms with Gasteiger partial charge in [-0.1, -0.05) is 36.4 Å². The number of furan rings is 1. The summed E-state index contributed by atoms with van der Waals surface area (Å²) in [7, 11) is 0. The van der Waals surface area contributed by atoms with Crippen molar-refractivity contribution in [2.75, 3.05) is 0 Å². The second-order valence-corrected chi connectivity index (χ2v) is 9.52. The lowest BCUT2D eigenvalue weighted by atomic mass is 9.74. The van der Waals surface area contributed by atoms with Crippen LogP contribution in [0.2, 0.25) is 0 Å². The number of esters is 1. The van der Waals surface area contributed by atoms with E-state index in [1.54, 1.807) is 11.3 Å². The Bertz CT molecular complexity index is 1250. The summed E-state index contributed by atoms with van der Waals surface area (Å²) >= 11 is 1.67. The molecule has 0 saturated carbocycles. The molecule has 0 fully saturated rings. The maximum Gasteiger partial charge on any atom is 0.337 e. The summed E-state index contributed by atoms with van der Waals surface area (Å²) in [5.74, 6) is 0.498. The molecule has 0 amide bonds. The second kappa shape index (κ2) is 8.87. The topological polar surface area (TPSA) is 68.5 Å². The summed E-state index contributed by atoms with van der Waals surface area (Å²) in [6.45, 7) is 3.89. The van der Waals surface area contributed by atoms with E-state index in [-0.39, 0.29) is 18.3 Å². The zero-order valence-electron chi connectivity index (χ0n) is 18.6. The normalized spacial score (nSPS) is 20.5. The second-order valence-electron chi connectivity index (χ2n) is 8.54. The highest BCUT2D eigenvalue weighted by Gasteiger charge is 2.43. The molecule has 2 aromatic heterocycles. The molecule has 5 nitrogen and oxygen atoms in total. The molecule has 33 heavy (non-hydrogen) atoms. The highest BCUT2D eigenvalue weighted by atomic mass is 32.1. The van der Waals surface area contributed by atoms with Crippen molar-refractivity contribution in [2.24, 2.45) is 0 Å². The van der Waals surface area contributed by atoms with Crippen molar-refractivity contribution >= 4 is 23.1 Å². The summed E-state index contributed by atoms with van der Waals surface area (Å²) in [6, 6.07) is 17.4. The van der Waals surface area contributed by atoms with Gasteiger partial charge in [-0.2, -0.15) is 0 Å². The maximum absolute atomic E-state index is 13.5. The number of dihydropyridines is 1. The zero-order chi connectivity index (χ0) is 22.9. The molecule has 1 aliphatic carbocycles. The van der Waals surface area contributed by atoms with E-state index in [0.29, 0.717) is 29.0 Å². The van der Waals surface area contributed by atoms with Crippen molar-refractivity contribution in [1.29, 1.82) is 0 Å². The highest BCUT2D eigenvalue weighted by Crippen LogP contribution is 2.46. The van der Waals surface area contributed by atoms with E-state index in [4.69, 9.17) is 9.15 Å². The molecular formula is C27H25NO4S. The van der Waals surface area contributed by atoms with E-state index < -0.39 is 11.9 Å². The van der Waals surface area contributed by atoms with Gasteiger partial charge in [-0.25, -0.2) is 4.79 Å². The third-order valence-electron chi connectivity index (χ3n) is 6.25. The number of hydrogen-bond donors (Lipinski definition) is 1. The number of ether oxygens (including phenoxy) is 1. The fraction of sp³-hybridized carbons (Fsp3) is 0.259. The molecule has 168 valence electrons. The molecule has 5 rings (SSSR count). The third kappa shape index (κ3) is 4.18. The molecule has 1 aromatic carbocycles. The molecule has 1 aliphatic heterocycles. The van der Waals surface area contributed by atoms with Crippen molar-refractivity contribution in [1.82, 2.24) is 5.32 Å². The number of Topliss-reactive ketones (excluding diaryl/α,β-unsaturated/α-hetero) is 1. The van der Waals surface area contributed by atoms with Gasteiger partial charge in [0, 0.05) is 34.2 Å². The first-order valence-corrected chi connectivity index (χ1v) is 11.9. The van der Waals surface area contributed by atoms with Crippen molar-refractivity contribution < 1.29 is 18.7 Å². The van der Waals surface area contributed by atoms with Crippen LogP contribution in [0.25, 0.3) is 0 Å². The average molecular weight is 460 g/mol. The summed E-state index contributed by atoms with van der Waals surface area (Å²) < 4.78 is 11.6. The van der Waals surface area contributed by atoms with E-state index >= 15 is 0 Å². The lowest BCUT2D eigenvalue weighted by Gasteiger charge is -2.35. The molecule has 0 spiro atoms. The van der Waals surface area contributed by atoms with Crippen LogP contribution in [0.1, 0.15) is 53.6 Å². The monoisotopic (exact) mass is 459 g/mol. The van der Waals surface area contributed by atoms with E-state index in [2.05, 4.69) is 11.4 Å². The highest BCUT2D eigenvalue weighted by molar-refractivity contribution is 7.10. The van der Waals surface area contributed by atoms with E-state index in [0.717, 1.165) is 23.4 Å². The molecule has 0 bridgehead atoms. The van der Waals surface area contributed by atoms with Crippen LogP contribution in [0.4, 0.5) is 0 Å². The van der Waals surface area contributed by atoms with Crippen molar-refractivity contribution in [2.45, 2.75) is 45.1 Å². The standard InChI is InChI=1S/C27H25NO4S/c1-16-10-11-22(32-16)26-24(27(30)31-15-18-7-4-3-5-8-18)17(2)28-20-13-19(14-21(29)25(20)26)23-9-6-12-33-23/h3-12,19,26,28H,13-15H2,1-2H3. The molecule has 2 aliphatic rings. The fourth-order valence-electron chi connectivity index (χ4n) is 4.73. The Balaban J connectivity index is 1.50. The number of carbonyl (C=O) groups is 2. The van der Waals surface area contributed by atoms with E-state index in [1.165, 1.54) is 4.88 Å². The average Bonchev–Trinajstić information content (AvgIpc) is 3.49. The van der Waals surface area contributed by atoms with E-state index in [1.807, 2.05) is 67.8 Å². The number of carbonyl (C=O) groups excluding carboxylic acids is 2. The molecule has 2 atom stereocenters. The Morgan fingerprint density at radius 3 is 2.61 bits per heavy atom. The largest absolute Gasteiger partial charge is 0.465 e. The van der Waals surface area contributed by atoms with Crippen LogP contribution < -0.4 is 5.32 Å². The Labute approximate surface area is 196 Å². The van der Waals surface area contributed by atoms with Gasteiger partial charge in [0.15, 0.2) is 5.78 Å². The fourth-order valence-corrected chi connectivity index (χ4v) is 5.56. The minimum atomic E-state index is -0.574. The number of thiophene rings is 1. The van der Waals surface area contributed by atoms with Crippen LogP contribution in [0.15, 0.2) is 86.9 Å². The first-order chi connectivity index (χ1) is 16.0. The first kappa shape index (κ1) is 21.5. The van der Waals surface area contributed by atoms with Gasteiger partial charge in [-0.05, 0) is 49.4 Å². The summed E-state index contributed by atoms with van der Waals surface area (Å²) in [4.78, 5) is 28.0. The SMILES string of the molecule is CC1=C(C(=O)OCc2ccccc2)C(c2ccc(C)o2)C2=C(CC(c3cccs3)CC2=O)N1. The number of nitrogens with one attached hydrogen (secondary N) is 1. The van der Waals surface area contributed by atoms with Crippen molar-refractivity contribution in [3.8, 4) is 0 Å². The number of aryl methyl sites for hydroxylation is 1. The first-order valence-electron chi connectivity index (χ1n) is 11.1. The molecule has 2 unspecified atom stereocenters. The minimum Gasteiger partial charge on any atom is -0.465 e. The molecule has 3 heterocycles. The molecular weight excluding hydrogens is 434 g/mol. The predicted molar refractivity (Wildman–Crippen MR) is 127 cm³/mol. The number of rotatable bonds is 5. The van der Waals surface area contributed by atoms with Crippen molar-refractivity contribution in [3.63, 3.8) is 0 Å². The van der Waals surface area contributed by atoms with Crippen LogP contribution in [0.5, 0.6) is 0 Å². The Morgan fingerprint density at radius 1 is 1.09 bits per heavy atom. The van der Waals surface area contributed by atoms with Gasteiger partial charge in [-0.15, -0.1) is 11.3 Å². The molecule has 0 saturated heterocycles. The molecule has 1 N–H and O–H groups in total. The lowest BCUT2D eigenvalue weighted by Crippen LogP contribution is -2.35. The van der Waals surface area contributed by atoms with Gasteiger partial charge >= 0.3 is 5.97 Å². The predicted octanol–water partition coefficient (Wildman–Crippen LogP) is 5.75. The van der Waals surface area contributed by atoms with Gasteiger partial charge in [0.2, 0.25) is 0 Å². The zero-order valence-corrected chi connectivity index (χ0v) is 19.4. The number of benzene rings is 1. The summed E-state index contributed by atoms with van der Waals surface area (Å²) in [5, 5.41) is 5.42. The van der Waals surface area contributed by atoms with Gasteiger partial charge < -0.3 is 14.5 Å². The Morgan fingerprint density at radius 2 is 1.91 bits per heavy atom. The number of ketones is 1. The van der Waals surface area contributed by atoms with Gasteiger partial charge in [-0.3, -0.25) is 4.79 Å². The molecule has 6 heteroatoms. The summed E-state index contributed by atoms with van der Waals surface area (Å²) in [6.07, 6.45) is 1.14. The van der Waals surface area contributed by atoms with Gasteiger partial charge in [0.05, 0.1) is 11.5 Å². The lowest BCUT2D eigenvalue weighted by molar-refractivity contribution is -0.140. The molecule has 0 radical (unpaired) electrons. The number of hydrogen-bond acceptors (Lipinski definition) is 6. The quantitative estimate of drug-likeness (QED) is 0.492. The minimum absolute atomic E-state index is 0.0436. The maximum atomic E-state index is 13.5. The van der Waals surface area contributed by atoms with Gasteiger partial charge in [0.1, 0.15) is 18.1 Å². The van der Waals surface area contributed by atoms with Crippen LogP contribution in [-0.4, -0.2) is 11.8 Å². The number of allylic oxidation sites excluding steroid dienone is 3. The Hall–Kier alpha value is -3.38. The van der Waals surface area contributed by atoms with Gasteiger partial charge in [0.25, 0.3) is 0 Å². The van der Waals surface area contributed by atoms with Crippen LogP contribution in [0.3, 0.4) is 0 Å². The van der Waals surface area contributed by atoms with E-state index in [9.17, 15) is 9.59 Å². The smallest absolute Gasteiger partial charge is 0.337 e. The summed E-state index contributed by atoms with van der Waals surface area (Å²) in [5.41, 5.74) is 3.54. The van der Waals surface area contributed by atoms with Crippen LogP contribution in [-0.2, 0) is 20.9 Å².